The second kappa shape index (κ2) is 12.7. The van der Waals surface area contributed by atoms with Crippen LogP contribution in [0, 0.1) is 0 Å². The SMILES string of the molecule is CO[C@H]1O[C@H](COC(=O)c2ccccc2)[C@@H]([Se])[C@H](OC(=O)c2ccccc2)[C@H]1OC(=O)c1ccccc1. The van der Waals surface area contributed by atoms with Crippen molar-refractivity contribution in [3.8, 4) is 0 Å². The summed E-state index contributed by atoms with van der Waals surface area (Å²) >= 11 is 2.95. The fourth-order valence-corrected chi connectivity index (χ4v) is 4.55. The van der Waals surface area contributed by atoms with Gasteiger partial charge in [-0.15, -0.1) is 0 Å². The first-order chi connectivity index (χ1) is 18.0. The van der Waals surface area contributed by atoms with Gasteiger partial charge < -0.3 is 0 Å². The van der Waals surface area contributed by atoms with Crippen molar-refractivity contribution in [1.29, 1.82) is 0 Å². The van der Waals surface area contributed by atoms with Crippen molar-refractivity contribution < 1.29 is 38.1 Å². The molecule has 0 aromatic heterocycles. The molecule has 5 atom stereocenters. The predicted octanol–water partition coefficient (Wildman–Crippen LogP) is 3.62. The van der Waals surface area contributed by atoms with Crippen molar-refractivity contribution in [1.82, 2.24) is 0 Å². The Morgan fingerprint density at radius 2 is 1.14 bits per heavy atom. The number of ether oxygens (including phenoxy) is 5. The molecule has 0 saturated carbocycles. The molecular formula is C28H25O8Se. The van der Waals surface area contributed by atoms with E-state index in [-0.39, 0.29) is 6.61 Å². The summed E-state index contributed by atoms with van der Waals surface area (Å²) in [5.41, 5.74) is 1.04. The Balaban J connectivity index is 1.55. The van der Waals surface area contributed by atoms with Crippen LogP contribution >= 0.6 is 0 Å². The summed E-state index contributed by atoms with van der Waals surface area (Å²) in [4.78, 5) is 37.7. The van der Waals surface area contributed by atoms with E-state index in [1.807, 2.05) is 0 Å². The van der Waals surface area contributed by atoms with Crippen molar-refractivity contribution in [2.45, 2.75) is 29.4 Å². The van der Waals surface area contributed by atoms with Crippen LogP contribution in [0.1, 0.15) is 31.1 Å². The standard InChI is InChI=1S/C28H25O8Se/c1-32-28-23(36-27(31)20-15-9-4-10-16-20)22(35-26(30)19-13-7-3-8-14-19)24(37)21(34-28)17-33-25(29)18-11-5-2-6-12-18/h2-16,21-24,28H,17H2,1H3/t21-,22-,23-,24-,28+/m1/s1. The molecule has 0 aliphatic carbocycles. The number of benzene rings is 3. The van der Waals surface area contributed by atoms with E-state index in [0.29, 0.717) is 16.7 Å². The van der Waals surface area contributed by atoms with Gasteiger partial charge in [-0.05, 0) is 0 Å². The van der Waals surface area contributed by atoms with Crippen LogP contribution < -0.4 is 0 Å². The van der Waals surface area contributed by atoms with Crippen LogP contribution in [0.2, 0.25) is 4.82 Å². The molecule has 1 fully saturated rings. The number of hydrogen-bond donors (Lipinski definition) is 0. The zero-order valence-corrected chi connectivity index (χ0v) is 21.6. The summed E-state index contributed by atoms with van der Waals surface area (Å²) in [6.07, 6.45) is -3.94. The van der Waals surface area contributed by atoms with E-state index >= 15 is 0 Å². The Bertz CT molecular complexity index is 1190. The summed E-state index contributed by atoms with van der Waals surface area (Å²) in [5.74, 6) is -1.76. The van der Waals surface area contributed by atoms with Gasteiger partial charge in [0.15, 0.2) is 0 Å². The molecule has 0 unspecified atom stereocenters. The molecule has 1 radical (unpaired) electrons. The summed E-state index contributed by atoms with van der Waals surface area (Å²) in [6, 6.07) is 25.4. The number of carbonyl (C=O) groups excluding carboxylic acids is 3. The number of esters is 3. The first-order valence-electron chi connectivity index (χ1n) is 11.6. The number of rotatable bonds is 8. The van der Waals surface area contributed by atoms with Gasteiger partial charge in [0.05, 0.1) is 0 Å². The Morgan fingerprint density at radius 1 is 0.703 bits per heavy atom. The third-order valence-corrected chi connectivity index (χ3v) is 6.92. The predicted molar refractivity (Wildman–Crippen MR) is 133 cm³/mol. The van der Waals surface area contributed by atoms with Gasteiger partial charge in [-0.1, -0.05) is 0 Å². The van der Waals surface area contributed by atoms with E-state index in [2.05, 4.69) is 16.0 Å². The fourth-order valence-electron chi connectivity index (χ4n) is 3.81. The molecule has 3 aromatic carbocycles. The average molecular weight is 568 g/mol. The molecule has 0 bridgehead atoms. The molecule has 1 aliphatic heterocycles. The minimum atomic E-state index is -1.10. The molecule has 9 heteroatoms. The molecule has 37 heavy (non-hydrogen) atoms. The van der Waals surface area contributed by atoms with Crippen LogP contribution in [0.15, 0.2) is 91.0 Å². The molecule has 4 rings (SSSR count). The third kappa shape index (κ3) is 6.64. The number of carbonyl (C=O) groups is 3. The second-order valence-corrected chi connectivity index (χ2v) is 9.32. The monoisotopic (exact) mass is 569 g/mol. The zero-order valence-electron chi connectivity index (χ0n) is 19.9. The van der Waals surface area contributed by atoms with Gasteiger partial charge >= 0.3 is 223 Å². The molecular weight excluding hydrogens is 543 g/mol. The quantitative estimate of drug-likeness (QED) is 0.231. The van der Waals surface area contributed by atoms with Crippen LogP contribution in [0.5, 0.6) is 0 Å². The topological polar surface area (TPSA) is 97.4 Å². The normalized spacial score (nSPS) is 23.0. The maximum absolute atomic E-state index is 13.0. The van der Waals surface area contributed by atoms with E-state index in [9.17, 15) is 14.4 Å². The number of hydrogen-bond acceptors (Lipinski definition) is 8. The van der Waals surface area contributed by atoms with Gasteiger partial charge in [0, 0.05) is 0 Å². The van der Waals surface area contributed by atoms with Gasteiger partial charge in [0.1, 0.15) is 0 Å². The Labute approximate surface area is 222 Å². The minimum absolute atomic E-state index is 0.149. The Hall–Kier alpha value is -3.49. The fraction of sp³-hybridized carbons (Fsp3) is 0.250. The van der Waals surface area contributed by atoms with E-state index in [1.54, 1.807) is 91.0 Å². The molecule has 3 aromatic rings. The molecule has 1 heterocycles. The molecule has 191 valence electrons. The number of methoxy groups -OCH3 is 1. The van der Waals surface area contributed by atoms with Gasteiger partial charge in [0.2, 0.25) is 0 Å². The Morgan fingerprint density at radius 3 is 1.59 bits per heavy atom. The van der Waals surface area contributed by atoms with Gasteiger partial charge in [-0.25, -0.2) is 0 Å². The zero-order chi connectivity index (χ0) is 26.2. The summed E-state index contributed by atoms with van der Waals surface area (Å²) in [7, 11) is 1.39. The molecule has 0 N–H and O–H groups in total. The van der Waals surface area contributed by atoms with Crippen LogP contribution in [-0.2, 0) is 23.7 Å². The molecule has 1 saturated heterocycles. The van der Waals surface area contributed by atoms with Gasteiger partial charge in [0.25, 0.3) is 0 Å². The second-order valence-electron chi connectivity index (χ2n) is 8.18. The van der Waals surface area contributed by atoms with Crippen molar-refractivity contribution >= 4 is 33.9 Å². The average Bonchev–Trinajstić information content (AvgIpc) is 2.95. The van der Waals surface area contributed by atoms with Crippen molar-refractivity contribution in [3.63, 3.8) is 0 Å². The summed E-state index contributed by atoms with van der Waals surface area (Å²) in [5, 5.41) is 0. The molecule has 1 aliphatic rings. The molecule has 0 amide bonds. The van der Waals surface area contributed by atoms with Gasteiger partial charge in [-0.2, -0.15) is 0 Å². The molecule has 8 nitrogen and oxygen atoms in total. The Kier molecular flexibility index (Phi) is 9.08. The van der Waals surface area contributed by atoms with E-state index < -0.39 is 47.3 Å². The summed E-state index contributed by atoms with van der Waals surface area (Å²) < 4.78 is 28.5. The van der Waals surface area contributed by atoms with Gasteiger partial charge in [-0.3, -0.25) is 0 Å². The van der Waals surface area contributed by atoms with E-state index in [1.165, 1.54) is 7.11 Å². The van der Waals surface area contributed by atoms with Crippen LogP contribution in [0.3, 0.4) is 0 Å². The van der Waals surface area contributed by atoms with Crippen LogP contribution in [0.4, 0.5) is 0 Å². The van der Waals surface area contributed by atoms with Crippen molar-refractivity contribution in [3.05, 3.63) is 108 Å². The first-order valence-corrected chi connectivity index (χ1v) is 12.5. The third-order valence-electron chi connectivity index (χ3n) is 5.72. The van der Waals surface area contributed by atoms with Crippen molar-refractivity contribution in [2.75, 3.05) is 13.7 Å². The van der Waals surface area contributed by atoms with E-state index in [4.69, 9.17) is 23.7 Å². The summed E-state index contributed by atoms with van der Waals surface area (Å²) in [6.45, 7) is -0.149. The van der Waals surface area contributed by atoms with Crippen molar-refractivity contribution in [2.24, 2.45) is 0 Å². The van der Waals surface area contributed by atoms with Crippen LogP contribution in [-0.4, -0.2) is 72.2 Å². The molecule has 0 spiro atoms. The van der Waals surface area contributed by atoms with Crippen LogP contribution in [0.25, 0.3) is 0 Å². The maximum atomic E-state index is 13.0. The van der Waals surface area contributed by atoms with E-state index in [0.717, 1.165) is 0 Å². The first kappa shape index (κ1) is 26.6.